The number of nitrogens with zero attached hydrogens (tertiary/aromatic N) is 1. The summed E-state index contributed by atoms with van der Waals surface area (Å²) in [6.07, 6.45) is 2.11. The number of carbonyl (C=O) groups is 1. The smallest absolute Gasteiger partial charge is 0.226 e. The van der Waals surface area contributed by atoms with Gasteiger partial charge in [0.25, 0.3) is 0 Å². The van der Waals surface area contributed by atoms with Crippen LogP contribution in [0.4, 0.5) is 0 Å². The number of methoxy groups -OCH3 is 1. The lowest BCUT2D eigenvalue weighted by Crippen LogP contribution is -2.34. The van der Waals surface area contributed by atoms with Gasteiger partial charge < -0.3 is 9.64 Å². The Morgan fingerprint density at radius 3 is 2.78 bits per heavy atom. The van der Waals surface area contributed by atoms with Crippen LogP contribution in [0.25, 0.3) is 0 Å². The quantitative estimate of drug-likeness (QED) is 0.800. The van der Waals surface area contributed by atoms with Gasteiger partial charge in [-0.15, -0.1) is 0 Å². The summed E-state index contributed by atoms with van der Waals surface area (Å²) in [5, 5.41) is 0. The Balaban J connectivity index is 2.16. The molecule has 3 nitrogen and oxygen atoms in total. The molecule has 0 N–H and O–H groups in total. The van der Waals surface area contributed by atoms with E-state index in [9.17, 15) is 4.79 Å². The molecule has 1 saturated carbocycles. The van der Waals surface area contributed by atoms with Gasteiger partial charge in [-0.3, -0.25) is 4.79 Å². The van der Waals surface area contributed by atoms with Crippen molar-refractivity contribution in [1.82, 2.24) is 4.90 Å². The van der Waals surface area contributed by atoms with Gasteiger partial charge in [0.15, 0.2) is 0 Å². The van der Waals surface area contributed by atoms with Gasteiger partial charge in [0.2, 0.25) is 5.91 Å². The molecular weight excluding hydrogens is 226 g/mol. The van der Waals surface area contributed by atoms with Crippen molar-refractivity contribution in [2.45, 2.75) is 32.7 Å². The molecule has 1 atom stereocenters. The highest BCUT2D eigenvalue weighted by molar-refractivity contribution is 5.81. The highest BCUT2D eigenvalue weighted by Crippen LogP contribution is 2.34. The van der Waals surface area contributed by atoms with E-state index in [-0.39, 0.29) is 12.0 Å². The maximum absolute atomic E-state index is 12.2. The van der Waals surface area contributed by atoms with Crippen LogP contribution in [0, 0.1) is 5.92 Å². The molecule has 0 heterocycles. The van der Waals surface area contributed by atoms with Crippen LogP contribution in [-0.2, 0) is 4.79 Å². The fourth-order valence-corrected chi connectivity index (χ4v) is 2.27. The number of hydrogen-bond donors (Lipinski definition) is 0. The number of hydrogen-bond acceptors (Lipinski definition) is 2. The summed E-state index contributed by atoms with van der Waals surface area (Å²) >= 11 is 0. The summed E-state index contributed by atoms with van der Waals surface area (Å²) in [6.45, 7) is 4.88. The van der Waals surface area contributed by atoms with Crippen molar-refractivity contribution in [3.63, 3.8) is 0 Å². The van der Waals surface area contributed by atoms with Crippen LogP contribution in [0.5, 0.6) is 5.75 Å². The van der Waals surface area contributed by atoms with Gasteiger partial charge in [-0.2, -0.15) is 0 Å². The number of carbonyl (C=O) groups excluding carboxylic acids is 1. The van der Waals surface area contributed by atoms with Crippen LogP contribution < -0.4 is 4.74 Å². The highest BCUT2D eigenvalue weighted by Gasteiger charge is 2.34. The van der Waals surface area contributed by atoms with E-state index < -0.39 is 0 Å². The van der Waals surface area contributed by atoms with E-state index in [2.05, 4.69) is 13.0 Å². The van der Waals surface area contributed by atoms with E-state index in [0.717, 1.165) is 30.7 Å². The monoisotopic (exact) mass is 247 g/mol. The van der Waals surface area contributed by atoms with E-state index in [4.69, 9.17) is 4.74 Å². The Morgan fingerprint density at radius 2 is 2.22 bits per heavy atom. The third-order valence-electron chi connectivity index (χ3n) is 3.59. The molecular formula is C15H21NO2. The van der Waals surface area contributed by atoms with E-state index in [1.807, 2.05) is 30.0 Å². The number of benzene rings is 1. The van der Waals surface area contributed by atoms with E-state index in [0.29, 0.717) is 5.91 Å². The first-order valence-electron chi connectivity index (χ1n) is 6.61. The van der Waals surface area contributed by atoms with Crippen LogP contribution >= 0.6 is 0 Å². The van der Waals surface area contributed by atoms with Gasteiger partial charge in [0, 0.05) is 12.5 Å². The minimum Gasteiger partial charge on any atom is -0.497 e. The Hall–Kier alpha value is -1.51. The molecule has 1 aliphatic carbocycles. The topological polar surface area (TPSA) is 29.5 Å². The van der Waals surface area contributed by atoms with Crippen molar-refractivity contribution < 1.29 is 9.53 Å². The van der Waals surface area contributed by atoms with E-state index >= 15 is 0 Å². The van der Waals surface area contributed by atoms with E-state index in [1.165, 1.54) is 0 Å². The predicted molar refractivity (Wildman–Crippen MR) is 71.5 cm³/mol. The molecule has 0 aromatic heterocycles. The zero-order chi connectivity index (χ0) is 13.1. The maximum Gasteiger partial charge on any atom is 0.226 e. The van der Waals surface area contributed by atoms with Gasteiger partial charge in [-0.1, -0.05) is 12.1 Å². The molecule has 1 amide bonds. The minimum absolute atomic E-state index is 0.109. The Morgan fingerprint density at radius 1 is 1.50 bits per heavy atom. The molecule has 0 saturated heterocycles. The lowest BCUT2D eigenvalue weighted by molar-refractivity contribution is -0.134. The van der Waals surface area contributed by atoms with Crippen molar-refractivity contribution in [3.05, 3.63) is 29.8 Å². The van der Waals surface area contributed by atoms with Gasteiger partial charge in [0.1, 0.15) is 5.75 Å². The second-order valence-electron chi connectivity index (χ2n) is 4.85. The third kappa shape index (κ3) is 2.66. The molecule has 1 aromatic rings. The van der Waals surface area contributed by atoms with Crippen molar-refractivity contribution in [3.8, 4) is 5.75 Å². The first-order chi connectivity index (χ1) is 8.67. The molecule has 3 heteroatoms. The molecule has 1 aromatic carbocycles. The Kier molecular flexibility index (Phi) is 3.90. The van der Waals surface area contributed by atoms with Gasteiger partial charge >= 0.3 is 0 Å². The second-order valence-corrected chi connectivity index (χ2v) is 4.85. The lowest BCUT2D eigenvalue weighted by atomic mass is 10.1. The van der Waals surface area contributed by atoms with Crippen LogP contribution in [0.2, 0.25) is 0 Å². The lowest BCUT2D eigenvalue weighted by Gasteiger charge is -2.28. The average molecular weight is 247 g/mol. The molecule has 2 rings (SSSR count). The normalized spacial score (nSPS) is 16.2. The van der Waals surface area contributed by atoms with Gasteiger partial charge in [-0.05, 0) is 44.4 Å². The summed E-state index contributed by atoms with van der Waals surface area (Å²) in [6, 6.07) is 8.07. The van der Waals surface area contributed by atoms with Crippen LogP contribution in [0.1, 0.15) is 38.3 Å². The van der Waals surface area contributed by atoms with Gasteiger partial charge in [0.05, 0.1) is 13.2 Å². The van der Waals surface area contributed by atoms with Crippen LogP contribution in [0.15, 0.2) is 24.3 Å². The second kappa shape index (κ2) is 5.42. The fraction of sp³-hybridized carbons (Fsp3) is 0.533. The first kappa shape index (κ1) is 12.9. The summed E-state index contributed by atoms with van der Waals surface area (Å²) in [5.74, 6) is 1.42. The molecule has 1 aliphatic rings. The largest absolute Gasteiger partial charge is 0.497 e. The van der Waals surface area contributed by atoms with Gasteiger partial charge in [-0.25, -0.2) is 0 Å². The van der Waals surface area contributed by atoms with Crippen LogP contribution in [-0.4, -0.2) is 24.5 Å². The van der Waals surface area contributed by atoms with Crippen molar-refractivity contribution in [2.24, 2.45) is 5.92 Å². The fourth-order valence-electron chi connectivity index (χ4n) is 2.27. The zero-order valence-electron chi connectivity index (χ0n) is 11.3. The first-order valence-corrected chi connectivity index (χ1v) is 6.61. The highest BCUT2D eigenvalue weighted by atomic mass is 16.5. The molecule has 0 aliphatic heterocycles. The molecule has 0 bridgehead atoms. The Bertz CT molecular complexity index is 426. The standard InChI is InChI=1S/C15H21NO2/c1-4-16(15(17)12-8-9-12)11(2)13-6-5-7-14(10-13)18-3/h5-7,10-12H,4,8-9H2,1-3H3. The van der Waals surface area contributed by atoms with Crippen molar-refractivity contribution in [1.29, 1.82) is 0 Å². The summed E-state index contributed by atoms with van der Waals surface area (Å²) in [5.41, 5.74) is 1.13. The Labute approximate surface area is 109 Å². The SMILES string of the molecule is CCN(C(=O)C1CC1)C(C)c1cccc(OC)c1. The number of amides is 1. The van der Waals surface area contributed by atoms with E-state index in [1.54, 1.807) is 7.11 Å². The molecule has 1 unspecified atom stereocenters. The summed E-state index contributed by atoms with van der Waals surface area (Å²) < 4.78 is 5.24. The number of ether oxygens (including phenoxy) is 1. The average Bonchev–Trinajstić information content (AvgIpc) is 3.23. The minimum atomic E-state index is 0.109. The molecule has 98 valence electrons. The van der Waals surface area contributed by atoms with Crippen molar-refractivity contribution in [2.75, 3.05) is 13.7 Å². The number of rotatable bonds is 5. The summed E-state index contributed by atoms with van der Waals surface area (Å²) in [4.78, 5) is 14.2. The maximum atomic E-state index is 12.2. The third-order valence-corrected chi connectivity index (χ3v) is 3.59. The zero-order valence-corrected chi connectivity index (χ0v) is 11.3. The molecule has 0 spiro atoms. The van der Waals surface area contributed by atoms with Crippen molar-refractivity contribution >= 4 is 5.91 Å². The molecule has 18 heavy (non-hydrogen) atoms. The predicted octanol–water partition coefficient (Wildman–Crippen LogP) is 3.01. The molecule has 0 radical (unpaired) electrons. The molecule has 1 fully saturated rings. The summed E-state index contributed by atoms with van der Waals surface area (Å²) in [7, 11) is 1.66. The van der Waals surface area contributed by atoms with Crippen LogP contribution in [0.3, 0.4) is 0 Å².